The second kappa shape index (κ2) is 8.80. The van der Waals surface area contributed by atoms with Crippen LogP contribution in [0.25, 0.3) is 16.7 Å². The maximum atomic E-state index is 11.8. The molecule has 2 aromatic rings. The lowest BCUT2D eigenvalue weighted by Crippen LogP contribution is -2.56. The smallest absolute Gasteiger partial charge is 0.389 e. The van der Waals surface area contributed by atoms with Gasteiger partial charge in [0.05, 0.1) is 13.7 Å². The Balaban J connectivity index is 1.27. The summed E-state index contributed by atoms with van der Waals surface area (Å²) in [6, 6.07) is 10.2. The molecule has 5 rings (SSSR count). The summed E-state index contributed by atoms with van der Waals surface area (Å²) in [5.74, 6) is -2.41. The minimum atomic E-state index is -1.69. The van der Waals surface area contributed by atoms with Crippen LogP contribution in [0.5, 0.6) is 5.88 Å². The number of fused-ring (bicyclic) bond motifs is 1. The van der Waals surface area contributed by atoms with Crippen LogP contribution in [-0.4, -0.2) is 61.1 Å². The molecule has 170 valence electrons. The highest BCUT2D eigenvalue weighted by molar-refractivity contribution is 5.93. The molecule has 0 atom stereocenters. The lowest BCUT2D eigenvalue weighted by Gasteiger charge is -2.39. The third-order valence-corrected chi connectivity index (χ3v) is 6.04. The lowest BCUT2D eigenvalue weighted by atomic mass is 9.95. The summed E-state index contributed by atoms with van der Waals surface area (Å²) in [5.41, 5.74) is 6.02. The van der Waals surface area contributed by atoms with Gasteiger partial charge in [0.1, 0.15) is 6.54 Å². The number of rotatable bonds is 5. The topological polar surface area (TPSA) is 87.2 Å². The van der Waals surface area contributed by atoms with Crippen molar-refractivity contribution < 1.29 is 28.5 Å². The molecule has 1 aromatic carbocycles. The standard InChI is InChI=1S/C25H24N2O6/c1-30-22-8-6-18(15-26-22)20-4-2-3-19-17(5-7-21(19)20)11-12-27-13-14-31-25(16-27)32-23(28)9-10-24(29)33-25/h2-6,8-10,15H,7,11-14,16H2,1H3. The van der Waals surface area contributed by atoms with Crippen molar-refractivity contribution in [1.29, 1.82) is 0 Å². The van der Waals surface area contributed by atoms with Gasteiger partial charge in [0.25, 0.3) is 0 Å². The summed E-state index contributed by atoms with van der Waals surface area (Å²) in [6.45, 7) is 1.84. The monoisotopic (exact) mass is 448 g/mol. The maximum absolute atomic E-state index is 11.8. The van der Waals surface area contributed by atoms with Crippen LogP contribution in [0.4, 0.5) is 0 Å². The van der Waals surface area contributed by atoms with Gasteiger partial charge in [0.15, 0.2) is 0 Å². The van der Waals surface area contributed by atoms with E-state index in [9.17, 15) is 9.59 Å². The highest BCUT2D eigenvalue weighted by Crippen LogP contribution is 2.37. The third kappa shape index (κ3) is 4.40. The van der Waals surface area contributed by atoms with Crippen LogP contribution in [0.3, 0.4) is 0 Å². The van der Waals surface area contributed by atoms with Crippen molar-refractivity contribution in [3.05, 3.63) is 65.9 Å². The van der Waals surface area contributed by atoms with Crippen molar-refractivity contribution in [3.63, 3.8) is 0 Å². The number of nitrogens with zero attached hydrogens (tertiary/aromatic N) is 2. The first kappa shape index (κ1) is 21.4. The summed E-state index contributed by atoms with van der Waals surface area (Å²) in [6.07, 6.45) is 7.88. The number of hydrogen-bond donors (Lipinski definition) is 0. The van der Waals surface area contributed by atoms with Gasteiger partial charge in [0.2, 0.25) is 5.88 Å². The molecule has 8 nitrogen and oxygen atoms in total. The van der Waals surface area contributed by atoms with Gasteiger partial charge in [-0.2, -0.15) is 0 Å². The number of ether oxygens (including phenoxy) is 4. The second-order valence-electron chi connectivity index (χ2n) is 8.09. The Labute approximate surface area is 191 Å². The van der Waals surface area contributed by atoms with Crippen LogP contribution in [0, 0.1) is 0 Å². The summed E-state index contributed by atoms with van der Waals surface area (Å²) >= 11 is 0. The number of aromatic nitrogens is 1. The molecule has 0 unspecified atom stereocenters. The van der Waals surface area contributed by atoms with Gasteiger partial charge in [-0.3, -0.25) is 4.90 Å². The zero-order chi connectivity index (χ0) is 22.8. The molecule has 0 saturated carbocycles. The molecule has 1 aromatic heterocycles. The number of pyridine rings is 1. The van der Waals surface area contributed by atoms with Crippen molar-refractivity contribution in [2.45, 2.75) is 18.8 Å². The molecule has 1 saturated heterocycles. The van der Waals surface area contributed by atoms with Gasteiger partial charge in [0, 0.05) is 43.1 Å². The van der Waals surface area contributed by atoms with Crippen LogP contribution >= 0.6 is 0 Å². The Hall–Kier alpha value is -3.49. The number of allylic oxidation sites excluding steroid dienone is 1. The van der Waals surface area contributed by atoms with E-state index in [-0.39, 0.29) is 6.54 Å². The zero-order valence-corrected chi connectivity index (χ0v) is 18.3. The summed E-state index contributed by atoms with van der Waals surface area (Å²) in [5, 5.41) is 0. The van der Waals surface area contributed by atoms with E-state index in [0.29, 0.717) is 25.6 Å². The summed E-state index contributed by atoms with van der Waals surface area (Å²) in [7, 11) is 1.61. The fraction of sp³-hybridized carbons (Fsp3) is 0.320. The Morgan fingerprint density at radius 1 is 1.09 bits per heavy atom. The average molecular weight is 448 g/mol. The molecule has 0 amide bonds. The first-order chi connectivity index (χ1) is 16.0. The van der Waals surface area contributed by atoms with E-state index < -0.39 is 17.9 Å². The van der Waals surface area contributed by atoms with Crippen molar-refractivity contribution in [2.75, 3.05) is 33.4 Å². The lowest BCUT2D eigenvalue weighted by molar-refractivity contribution is -0.359. The number of methoxy groups -OCH3 is 1. The van der Waals surface area contributed by atoms with Crippen LogP contribution in [0.2, 0.25) is 0 Å². The van der Waals surface area contributed by atoms with Crippen molar-refractivity contribution in [2.24, 2.45) is 0 Å². The average Bonchev–Trinajstić information content (AvgIpc) is 3.19. The van der Waals surface area contributed by atoms with Gasteiger partial charge < -0.3 is 18.9 Å². The SMILES string of the molecule is COc1ccc(-c2cccc3c2CC=C3CCN2CCOC3(C2)OC(=O)C=CC(=O)O3)cn1. The van der Waals surface area contributed by atoms with Crippen molar-refractivity contribution >= 4 is 17.5 Å². The molecule has 2 aliphatic heterocycles. The number of hydrogen-bond acceptors (Lipinski definition) is 8. The molecule has 1 fully saturated rings. The molecule has 0 N–H and O–H groups in total. The maximum Gasteiger partial charge on any atom is 0.389 e. The predicted molar refractivity (Wildman–Crippen MR) is 119 cm³/mol. The van der Waals surface area contributed by atoms with Crippen molar-refractivity contribution in [1.82, 2.24) is 9.88 Å². The molecule has 3 heterocycles. The molecule has 1 spiro atoms. The van der Waals surface area contributed by atoms with Crippen molar-refractivity contribution in [3.8, 4) is 17.0 Å². The normalized spacial score (nSPS) is 19.5. The van der Waals surface area contributed by atoms with Crippen LogP contribution in [-0.2, 0) is 30.2 Å². The van der Waals surface area contributed by atoms with Crippen LogP contribution in [0.1, 0.15) is 17.5 Å². The number of morpholine rings is 1. The molecule has 33 heavy (non-hydrogen) atoms. The number of carbonyl (C=O) groups is 2. The first-order valence-electron chi connectivity index (χ1n) is 10.9. The number of esters is 2. The van der Waals surface area contributed by atoms with E-state index in [2.05, 4.69) is 34.2 Å². The van der Waals surface area contributed by atoms with Gasteiger partial charge in [-0.05, 0) is 41.2 Å². The highest BCUT2D eigenvalue weighted by Gasteiger charge is 2.45. The Morgan fingerprint density at radius 3 is 2.61 bits per heavy atom. The Morgan fingerprint density at radius 2 is 1.88 bits per heavy atom. The largest absolute Gasteiger partial charge is 0.481 e. The third-order valence-electron chi connectivity index (χ3n) is 6.04. The Kier molecular flexibility index (Phi) is 5.70. The molecular formula is C25H24N2O6. The molecule has 3 aliphatic rings. The molecule has 0 radical (unpaired) electrons. The molecule has 0 bridgehead atoms. The number of carbonyl (C=O) groups excluding carboxylic acids is 2. The fourth-order valence-electron chi connectivity index (χ4n) is 4.46. The zero-order valence-electron chi connectivity index (χ0n) is 18.3. The van der Waals surface area contributed by atoms with Gasteiger partial charge in [-0.15, -0.1) is 0 Å². The summed E-state index contributed by atoms with van der Waals surface area (Å²) in [4.78, 5) is 30.1. The summed E-state index contributed by atoms with van der Waals surface area (Å²) < 4.78 is 21.3. The highest BCUT2D eigenvalue weighted by atomic mass is 16.9. The van der Waals surface area contributed by atoms with E-state index >= 15 is 0 Å². The quantitative estimate of drug-likeness (QED) is 0.646. The number of benzene rings is 1. The van der Waals surface area contributed by atoms with Crippen LogP contribution < -0.4 is 4.74 Å². The van der Waals surface area contributed by atoms with E-state index in [1.807, 2.05) is 18.3 Å². The fourth-order valence-corrected chi connectivity index (χ4v) is 4.46. The van der Waals surface area contributed by atoms with E-state index in [4.69, 9.17) is 18.9 Å². The van der Waals surface area contributed by atoms with Gasteiger partial charge >= 0.3 is 17.9 Å². The predicted octanol–water partition coefficient (Wildman–Crippen LogP) is 2.73. The second-order valence-corrected chi connectivity index (χ2v) is 8.09. The molecule has 8 heteroatoms. The minimum absolute atomic E-state index is 0.170. The Bertz CT molecular complexity index is 1120. The minimum Gasteiger partial charge on any atom is -0.481 e. The van der Waals surface area contributed by atoms with Crippen LogP contribution in [0.15, 0.2) is 54.8 Å². The van der Waals surface area contributed by atoms with E-state index in [1.165, 1.54) is 22.3 Å². The van der Waals surface area contributed by atoms with Gasteiger partial charge in [-0.25, -0.2) is 14.6 Å². The molecular weight excluding hydrogens is 424 g/mol. The van der Waals surface area contributed by atoms with E-state index in [1.54, 1.807) is 7.11 Å². The molecule has 1 aliphatic carbocycles. The van der Waals surface area contributed by atoms with E-state index in [0.717, 1.165) is 30.6 Å². The van der Waals surface area contributed by atoms with Gasteiger partial charge in [-0.1, -0.05) is 24.3 Å². The first-order valence-corrected chi connectivity index (χ1v) is 10.9.